The summed E-state index contributed by atoms with van der Waals surface area (Å²) in [5.41, 5.74) is -0.403. The van der Waals surface area contributed by atoms with E-state index in [4.69, 9.17) is 4.55 Å². The van der Waals surface area contributed by atoms with Gasteiger partial charge in [-0.25, -0.2) is 13.2 Å². The summed E-state index contributed by atoms with van der Waals surface area (Å²) < 4.78 is 66.1. The van der Waals surface area contributed by atoms with E-state index in [9.17, 15) is 36.9 Å². The third-order valence-electron chi connectivity index (χ3n) is 5.42. The van der Waals surface area contributed by atoms with Crippen molar-refractivity contribution < 1.29 is 41.5 Å². The number of phenolic OH excluding ortho intramolecular Hbond substituents is 1. The van der Waals surface area contributed by atoms with Crippen LogP contribution in [0.5, 0.6) is 5.75 Å². The Morgan fingerprint density at radius 1 is 1.03 bits per heavy atom. The molecule has 1 aliphatic heterocycles. The van der Waals surface area contributed by atoms with Crippen LogP contribution < -0.4 is 0 Å². The Kier molecular flexibility index (Phi) is 8.29. The van der Waals surface area contributed by atoms with E-state index in [2.05, 4.69) is 0 Å². The lowest BCUT2D eigenvalue weighted by Crippen LogP contribution is -2.47. The van der Waals surface area contributed by atoms with Gasteiger partial charge in [-0.05, 0) is 55.2 Å². The van der Waals surface area contributed by atoms with Gasteiger partial charge < -0.3 is 15.3 Å². The van der Waals surface area contributed by atoms with Gasteiger partial charge in [-0.2, -0.15) is 8.42 Å². The molecule has 0 radical (unpaired) electrons. The second-order valence-electron chi connectivity index (χ2n) is 7.83. The number of aliphatic hydroxyl groups is 2. The van der Waals surface area contributed by atoms with Crippen molar-refractivity contribution in [1.29, 1.82) is 0 Å². The van der Waals surface area contributed by atoms with Gasteiger partial charge in [-0.3, -0.25) is 9.45 Å². The zero-order valence-corrected chi connectivity index (χ0v) is 18.4. The normalized spacial score (nSPS) is 18.4. The van der Waals surface area contributed by atoms with Gasteiger partial charge in [0.1, 0.15) is 5.82 Å². The Morgan fingerprint density at radius 3 is 1.91 bits per heavy atom. The number of halogens is 3. The molecular weight excluding hydrogens is 451 g/mol. The van der Waals surface area contributed by atoms with E-state index in [0.29, 0.717) is 37.8 Å². The molecule has 2 aromatic rings. The minimum Gasteiger partial charge on any atom is -0.503 e. The lowest BCUT2D eigenvalue weighted by molar-refractivity contribution is -0.0502. The zero-order chi connectivity index (χ0) is 24.3. The number of aromatic hydroxyl groups is 1. The summed E-state index contributed by atoms with van der Waals surface area (Å²) in [4.78, 5) is 1.92. The molecule has 0 aliphatic carbocycles. The van der Waals surface area contributed by atoms with E-state index in [1.165, 1.54) is 12.1 Å². The summed E-state index contributed by atoms with van der Waals surface area (Å²) in [7, 11) is -3.67. The molecule has 2 atom stereocenters. The Hall–Kier alpha value is -2.18. The molecule has 2 unspecified atom stereocenters. The third-order valence-corrected chi connectivity index (χ3v) is 5.42. The predicted octanol–water partition coefficient (Wildman–Crippen LogP) is 2.72. The van der Waals surface area contributed by atoms with Crippen molar-refractivity contribution in [3.05, 3.63) is 65.0 Å². The van der Waals surface area contributed by atoms with Crippen LogP contribution in [0, 0.1) is 17.5 Å². The van der Waals surface area contributed by atoms with Gasteiger partial charge in [0, 0.05) is 19.1 Å². The Labute approximate surface area is 184 Å². The molecule has 0 saturated carbocycles. The van der Waals surface area contributed by atoms with E-state index in [-0.39, 0.29) is 11.4 Å². The Bertz CT molecular complexity index is 993. The summed E-state index contributed by atoms with van der Waals surface area (Å²) in [6, 6.07) is 7.11. The first-order chi connectivity index (χ1) is 14.7. The van der Waals surface area contributed by atoms with Crippen molar-refractivity contribution in [2.75, 3.05) is 19.3 Å². The predicted molar refractivity (Wildman–Crippen MR) is 111 cm³/mol. The Morgan fingerprint density at radius 2 is 1.47 bits per heavy atom. The molecule has 0 amide bonds. The van der Waals surface area contributed by atoms with E-state index in [0.717, 1.165) is 12.1 Å². The molecule has 3 rings (SSSR count). The molecule has 32 heavy (non-hydrogen) atoms. The van der Waals surface area contributed by atoms with Crippen molar-refractivity contribution in [2.45, 2.75) is 37.5 Å². The maximum absolute atomic E-state index is 13.5. The number of phenols is 1. The van der Waals surface area contributed by atoms with Crippen LogP contribution in [-0.2, 0) is 15.7 Å². The van der Waals surface area contributed by atoms with E-state index < -0.39 is 45.2 Å². The number of rotatable bonds is 4. The van der Waals surface area contributed by atoms with Crippen LogP contribution in [0.1, 0.15) is 37.0 Å². The number of hydrogen-bond acceptors (Lipinski definition) is 6. The summed E-state index contributed by atoms with van der Waals surface area (Å²) in [6.07, 6.45) is 0.321. The van der Waals surface area contributed by atoms with Gasteiger partial charge >= 0.3 is 0 Å². The number of hydrogen-bond donors (Lipinski definition) is 4. The molecule has 11 heteroatoms. The van der Waals surface area contributed by atoms with Crippen molar-refractivity contribution in [1.82, 2.24) is 4.90 Å². The third kappa shape index (κ3) is 6.91. The van der Waals surface area contributed by atoms with Gasteiger partial charge in [-0.1, -0.05) is 12.1 Å². The van der Waals surface area contributed by atoms with E-state index in [1.807, 2.05) is 4.90 Å². The zero-order valence-electron chi connectivity index (χ0n) is 17.5. The molecule has 0 spiro atoms. The first-order valence-corrected chi connectivity index (χ1v) is 11.6. The fourth-order valence-electron chi connectivity index (χ4n) is 3.58. The average molecular weight is 478 g/mol. The first-order valence-electron chi connectivity index (χ1n) is 9.72. The minimum absolute atomic E-state index is 0.0367. The van der Waals surface area contributed by atoms with E-state index in [1.54, 1.807) is 19.1 Å². The second kappa shape index (κ2) is 10.2. The van der Waals surface area contributed by atoms with Crippen molar-refractivity contribution in [2.24, 2.45) is 0 Å². The van der Waals surface area contributed by atoms with Crippen LogP contribution in [0.2, 0.25) is 0 Å². The fraction of sp³-hybridized carbons (Fsp3) is 0.429. The van der Waals surface area contributed by atoms with Crippen LogP contribution in [0.15, 0.2) is 36.4 Å². The molecular formula is C21H26F3NO6S. The number of piperidine rings is 1. The molecule has 1 fully saturated rings. The summed E-state index contributed by atoms with van der Waals surface area (Å²) in [5, 5.41) is 30.5. The summed E-state index contributed by atoms with van der Waals surface area (Å²) in [5.74, 6) is -3.69. The minimum atomic E-state index is -3.67. The highest BCUT2D eigenvalue weighted by atomic mass is 32.2. The van der Waals surface area contributed by atoms with Crippen LogP contribution in [0.3, 0.4) is 0 Å². The highest BCUT2D eigenvalue weighted by molar-refractivity contribution is 7.85. The quantitative estimate of drug-likeness (QED) is 0.500. The standard InChI is InChI=1S/C20H22F3NO3.CH4O3S/c1-12(18(25)13-10-16(22)19(26)17(23)11-13)24-8-6-20(27,7-9-24)14-2-4-15(21)5-3-14;1-5(2,3)4/h2-5,10-12,18,25-27H,6-9H2,1H3;1H3,(H,2,3,4). The fourth-order valence-corrected chi connectivity index (χ4v) is 3.58. The number of benzene rings is 2. The average Bonchev–Trinajstić information content (AvgIpc) is 2.70. The topological polar surface area (TPSA) is 118 Å². The smallest absolute Gasteiger partial charge is 0.261 e. The molecule has 0 aromatic heterocycles. The van der Waals surface area contributed by atoms with Gasteiger partial charge in [0.2, 0.25) is 0 Å². The van der Waals surface area contributed by atoms with Crippen LogP contribution in [0.25, 0.3) is 0 Å². The molecule has 1 heterocycles. The highest BCUT2D eigenvalue weighted by Crippen LogP contribution is 2.35. The van der Waals surface area contributed by atoms with Crippen molar-refractivity contribution >= 4 is 10.1 Å². The molecule has 1 saturated heterocycles. The molecule has 4 N–H and O–H groups in total. The molecule has 7 nitrogen and oxygen atoms in total. The van der Waals surface area contributed by atoms with E-state index >= 15 is 0 Å². The maximum Gasteiger partial charge on any atom is 0.261 e. The van der Waals surface area contributed by atoms with Crippen molar-refractivity contribution in [3.63, 3.8) is 0 Å². The van der Waals surface area contributed by atoms with Gasteiger partial charge in [0.25, 0.3) is 10.1 Å². The van der Waals surface area contributed by atoms with Crippen LogP contribution in [-0.4, -0.2) is 58.6 Å². The van der Waals surface area contributed by atoms with Crippen LogP contribution >= 0.6 is 0 Å². The SMILES string of the molecule is CC(C(O)c1cc(F)c(O)c(F)c1)N1CCC(O)(c2ccc(F)cc2)CC1.CS(=O)(=O)O. The highest BCUT2D eigenvalue weighted by Gasteiger charge is 2.37. The second-order valence-corrected chi connectivity index (χ2v) is 9.29. The van der Waals surface area contributed by atoms with Crippen molar-refractivity contribution in [3.8, 4) is 5.75 Å². The largest absolute Gasteiger partial charge is 0.503 e. The lowest BCUT2D eigenvalue weighted by Gasteiger charge is -2.42. The molecule has 2 aromatic carbocycles. The maximum atomic E-state index is 13.5. The van der Waals surface area contributed by atoms with Gasteiger partial charge in [0.05, 0.1) is 18.0 Å². The first kappa shape index (κ1) is 26.1. The molecule has 1 aliphatic rings. The monoisotopic (exact) mass is 477 g/mol. The van der Waals surface area contributed by atoms with Gasteiger partial charge in [0.15, 0.2) is 17.4 Å². The summed E-state index contributed by atoms with van der Waals surface area (Å²) >= 11 is 0. The van der Waals surface area contributed by atoms with Crippen LogP contribution in [0.4, 0.5) is 13.2 Å². The number of likely N-dealkylation sites (tertiary alicyclic amines) is 1. The number of aliphatic hydroxyl groups excluding tert-OH is 1. The molecule has 178 valence electrons. The number of nitrogens with zero attached hydrogens (tertiary/aromatic N) is 1. The van der Waals surface area contributed by atoms with Gasteiger partial charge in [-0.15, -0.1) is 0 Å². The lowest BCUT2D eigenvalue weighted by atomic mass is 9.83. The Balaban J connectivity index is 0.000000654. The molecule has 0 bridgehead atoms. The summed E-state index contributed by atoms with van der Waals surface area (Å²) in [6.45, 7) is 2.64.